The van der Waals surface area contributed by atoms with Crippen molar-refractivity contribution >= 4 is 11.5 Å². The van der Waals surface area contributed by atoms with Crippen LogP contribution < -0.4 is 0 Å². The van der Waals surface area contributed by atoms with E-state index in [1.54, 1.807) is 0 Å². The summed E-state index contributed by atoms with van der Waals surface area (Å²) >= 11 is 0. The maximum atomic E-state index is 13.2. The van der Waals surface area contributed by atoms with Crippen LogP contribution in [0.3, 0.4) is 0 Å². The predicted octanol–water partition coefficient (Wildman–Crippen LogP) is 2.04. The molecule has 0 spiro atoms. The molecule has 80 valence electrons. The molecular weight excluding hydrogens is 206 g/mol. The minimum Gasteiger partial charge on any atom is -0.503 e. The molecule has 1 rings (SSSR count). The second kappa shape index (κ2) is 4.54. The Morgan fingerprint density at radius 2 is 2.13 bits per heavy atom. The molecule has 1 aromatic carbocycles. The summed E-state index contributed by atoms with van der Waals surface area (Å²) in [5.41, 5.74) is -0.583. The van der Waals surface area contributed by atoms with Crippen LogP contribution in [0.25, 0.3) is 5.57 Å². The first-order valence-electron chi connectivity index (χ1n) is 3.98. The van der Waals surface area contributed by atoms with E-state index in [4.69, 9.17) is 5.11 Å². The zero-order valence-electron chi connectivity index (χ0n) is 7.83. The molecule has 0 unspecified atom stereocenters. The van der Waals surface area contributed by atoms with Gasteiger partial charge in [-0.25, -0.2) is 13.6 Å². The molecule has 15 heavy (non-hydrogen) atoms. The van der Waals surface area contributed by atoms with Gasteiger partial charge in [0.05, 0.1) is 13.4 Å². The first-order valence-corrected chi connectivity index (χ1v) is 3.98. The first-order chi connectivity index (χ1) is 7.06. The van der Waals surface area contributed by atoms with Crippen molar-refractivity contribution in [2.75, 3.05) is 7.11 Å². The number of carbonyl (C=O) groups is 1. The molecule has 3 nitrogen and oxygen atoms in total. The van der Waals surface area contributed by atoms with E-state index < -0.39 is 17.6 Å². The van der Waals surface area contributed by atoms with E-state index in [-0.39, 0.29) is 11.1 Å². The zero-order valence-corrected chi connectivity index (χ0v) is 7.83. The third-order valence-electron chi connectivity index (χ3n) is 1.69. The fraction of sp³-hybridized carbons (Fsp3) is 0.100. The smallest absolute Gasteiger partial charge is 0.339 e. The molecule has 0 bridgehead atoms. The lowest BCUT2D eigenvalue weighted by Gasteiger charge is -2.03. The zero-order chi connectivity index (χ0) is 11.4. The van der Waals surface area contributed by atoms with Crippen molar-refractivity contribution in [2.24, 2.45) is 0 Å². The highest BCUT2D eigenvalue weighted by atomic mass is 19.1. The average molecular weight is 214 g/mol. The van der Waals surface area contributed by atoms with Crippen molar-refractivity contribution in [3.8, 4) is 0 Å². The van der Waals surface area contributed by atoms with Crippen LogP contribution in [0.15, 0.2) is 24.5 Å². The van der Waals surface area contributed by atoms with Crippen molar-refractivity contribution in [2.45, 2.75) is 0 Å². The second-order valence-electron chi connectivity index (χ2n) is 2.70. The Kier molecular flexibility index (Phi) is 3.38. The van der Waals surface area contributed by atoms with E-state index in [0.717, 1.165) is 18.4 Å². The number of halogens is 2. The van der Waals surface area contributed by atoms with Gasteiger partial charge >= 0.3 is 5.97 Å². The Balaban J connectivity index is 3.24. The number of aliphatic carboxylic acids is 1. The molecule has 0 heterocycles. The summed E-state index contributed by atoms with van der Waals surface area (Å²) in [6, 6.07) is 2.64. The Morgan fingerprint density at radius 1 is 1.47 bits per heavy atom. The molecule has 0 atom stereocenters. The molecule has 0 aromatic heterocycles. The highest BCUT2D eigenvalue weighted by molar-refractivity contribution is 6.15. The average Bonchev–Trinajstić information content (AvgIpc) is 2.15. The first kappa shape index (κ1) is 11.2. The Hall–Kier alpha value is -1.91. The molecule has 0 aliphatic heterocycles. The number of ether oxygens (including phenoxy) is 1. The number of carboxylic acid groups (broad SMARTS) is 1. The van der Waals surface area contributed by atoms with E-state index in [0.29, 0.717) is 6.07 Å². The van der Waals surface area contributed by atoms with Gasteiger partial charge < -0.3 is 9.84 Å². The van der Waals surface area contributed by atoms with E-state index in [1.165, 1.54) is 7.11 Å². The fourth-order valence-corrected chi connectivity index (χ4v) is 1.05. The van der Waals surface area contributed by atoms with Crippen LogP contribution in [0.5, 0.6) is 0 Å². The summed E-state index contributed by atoms with van der Waals surface area (Å²) in [7, 11) is 1.24. The lowest BCUT2D eigenvalue weighted by atomic mass is 10.1. The molecule has 0 saturated carbocycles. The summed E-state index contributed by atoms with van der Waals surface area (Å²) in [5.74, 6) is -3.05. The summed E-state index contributed by atoms with van der Waals surface area (Å²) in [6.45, 7) is 0. The lowest BCUT2D eigenvalue weighted by molar-refractivity contribution is -0.130. The topological polar surface area (TPSA) is 46.5 Å². The molecule has 0 amide bonds. The molecule has 0 fully saturated rings. The molecule has 1 N–H and O–H groups in total. The molecule has 0 aliphatic carbocycles. The lowest BCUT2D eigenvalue weighted by Crippen LogP contribution is -2.02. The van der Waals surface area contributed by atoms with E-state index >= 15 is 0 Å². The van der Waals surface area contributed by atoms with Crippen LogP contribution in [0.2, 0.25) is 0 Å². The van der Waals surface area contributed by atoms with Crippen LogP contribution in [0.4, 0.5) is 8.78 Å². The Morgan fingerprint density at radius 3 is 2.60 bits per heavy atom. The van der Waals surface area contributed by atoms with Crippen molar-refractivity contribution < 1.29 is 23.4 Å². The Bertz CT molecular complexity index is 413. The van der Waals surface area contributed by atoms with Crippen molar-refractivity contribution in [1.29, 1.82) is 0 Å². The SMILES string of the molecule is COC=C(C(=O)O)c1ccc(F)cc1F. The maximum Gasteiger partial charge on any atom is 0.339 e. The van der Waals surface area contributed by atoms with Crippen LogP contribution >= 0.6 is 0 Å². The summed E-state index contributed by atoms with van der Waals surface area (Å²) in [6.07, 6.45) is 0.888. The van der Waals surface area contributed by atoms with Gasteiger partial charge in [0.2, 0.25) is 0 Å². The van der Waals surface area contributed by atoms with Gasteiger partial charge in [0.25, 0.3) is 0 Å². The highest BCUT2D eigenvalue weighted by Gasteiger charge is 2.15. The summed E-state index contributed by atoms with van der Waals surface area (Å²) in [5, 5.41) is 8.74. The molecule has 0 aliphatic rings. The normalized spacial score (nSPS) is 11.3. The predicted molar refractivity (Wildman–Crippen MR) is 49.0 cm³/mol. The van der Waals surface area contributed by atoms with Gasteiger partial charge in [-0.15, -0.1) is 0 Å². The van der Waals surface area contributed by atoms with Gasteiger partial charge in [-0.2, -0.15) is 0 Å². The molecule has 0 saturated heterocycles. The summed E-state index contributed by atoms with van der Waals surface area (Å²) < 4.78 is 30.2. The standard InChI is InChI=1S/C10H8F2O3/c1-15-5-8(10(13)14)7-3-2-6(11)4-9(7)12/h2-5H,1H3,(H,13,14). The van der Waals surface area contributed by atoms with E-state index in [9.17, 15) is 13.6 Å². The fourth-order valence-electron chi connectivity index (χ4n) is 1.05. The van der Waals surface area contributed by atoms with E-state index in [2.05, 4.69) is 4.74 Å². The third kappa shape index (κ3) is 2.52. The van der Waals surface area contributed by atoms with Crippen molar-refractivity contribution in [3.05, 3.63) is 41.7 Å². The van der Waals surface area contributed by atoms with Crippen LogP contribution in [0, 0.1) is 11.6 Å². The maximum absolute atomic E-state index is 13.2. The van der Waals surface area contributed by atoms with Gasteiger partial charge in [-0.1, -0.05) is 0 Å². The van der Waals surface area contributed by atoms with E-state index in [1.807, 2.05) is 0 Å². The number of rotatable bonds is 3. The molecule has 0 radical (unpaired) electrons. The molecule has 1 aromatic rings. The monoisotopic (exact) mass is 214 g/mol. The number of methoxy groups -OCH3 is 1. The molecule has 5 heteroatoms. The van der Waals surface area contributed by atoms with Crippen LogP contribution in [-0.2, 0) is 9.53 Å². The van der Waals surface area contributed by atoms with Gasteiger partial charge in [-0.05, 0) is 12.1 Å². The molecular formula is C10H8F2O3. The van der Waals surface area contributed by atoms with Crippen LogP contribution in [0.1, 0.15) is 5.56 Å². The van der Waals surface area contributed by atoms with Gasteiger partial charge in [0.15, 0.2) is 0 Å². The highest BCUT2D eigenvalue weighted by Crippen LogP contribution is 2.19. The second-order valence-corrected chi connectivity index (χ2v) is 2.70. The third-order valence-corrected chi connectivity index (χ3v) is 1.69. The largest absolute Gasteiger partial charge is 0.503 e. The quantitative estimate of drug-likeness (QED) is 0.618. The van der Waals surface area contributed by atoms with Crippen molar-refractivity contribution in [1.82, 2.24) is 0 Å². The number of benzene rings is 1. The van der Waals surface area contributed by atoms with Gasteiger partial charge in [0.1, 0.15) is 17.2 Å². The number of hydrogen-bond acceptors (Lipinski definition) is 2. The Labute approximate surface area is 84.6 Å². The van der Waals surface area contributed by atoms with Gasteiger partial charge in [0, 0.05) is 11.6 Å². The van der Waals surface area contributed by atoms with Gasteiger partial charge in [-0.3, -0.25) is 0 Å². The van der Waals surface area contributed by atoms with Crippen molar-refractivity contribution in [3.63, 3.8) is 0 Å². The number of carboxylic acids is 1. The minimum atomic E-state index is -1.35. The minimum absolute atomic E-state index is 0.217. The van der Waals surface area contributed by atoms with Crippen LogP contribution in [-0.4, -0.2) is 18.2 Å². The number of hydrogen-bond donors (Lipinski definition) is 1. The summed E-state index contributed by atoms with van der Waals surface area (Å²) in [4.78, 5) is 10.7.